The number of hydrogen-bond acceptors (Lipinski definition) is 3. The molecule has 0 fully saturated rings. The van der Waals surface area contributed by atoms with E-state index in [-0.39, 0.29) is 38.0 Å². The maximum Gasteiger partial charge on any atom is 1.00 e. The van der Waals surface area contributed by atoms with Crippen molar-refractivity contribution < 1.29 is 39.4 Å². The van der Waals surface area contributed by atoms with Gasteiger partial charge in [-0.2, -0.15) is 5.10 Å². The molecule has 0 saturated carbocycles. The van der Waals surface area contributed by atoms with E-state index in [1.54, 1.807) is 14.0 Å². The molecule has 0 radical (unpaired) electrons. The van der Waals surface area contributed by atoms with Crippen molar-refractivity contribution in [1.82, 2.24) is 9.78 Å². The maximum atomic E-state index is 9.41. The van der Waals surface area contributed by atoms with Gasteiger partial charge in [-0.3, -0.25) is 4.68 Å². The van der Waals surface area contributed by atoms with E-state index in [0.717, 1.165) is 22.3 Å². The van der Waals surface area contributed by atoms with E-state index >= 15 is 0 Å². The zero-order chi connectivity index (χ0) is 11.7. The summed E-state index contributed by atoms with van der Waals surface area (Å²) in [5.41, 5.74) is 1.97. The minimum absolute atomic E-state index is 0. The molecule has 0 bridgehead atoms. The molecule has 0 aliphatic carbocycles. The molecule has 18 heavy (non-hydrogen) atoms. The number of hydrogen-bond donors (Lipinski definition) is 1. The number of benzene rings is 1. The Kier molecular flexibility index (Phi) is 7.00. The van der Waals surface area contributed by atoms with Gasteiger partial charge in [-0.1, -0.05) is 8.41 Å². The third-order valence-electron chi connectivity index (χ3n) is 2.58. The normalized spacial score (nSPS) is 11.6. The molecule has 0 amide bonds. The van der Waals surface area contributed by atoms with E-state index in [4.69, 9.17) is 4.74 Å². The number of ether oxygens (including phenoxy) is 1. The monoisotopic (exact) mass is 258 g/mol. The van der Waals surface area contributed by atoms with Gasteiger partial charge in [0.15, 0.2) is 0 Å². The number of aromatic nitrogens is 2. The Labute approximate surface area is 131 Å². The summed E-state index contributed by atoms with van der Waals surface area (Å²) in [6.07, 6.45) is -0.409. The van der Waals surface area contributed by atoms with Crippen LogP contribution in [0.3, 0.4) is 0 Å². The molecule has 1 aromatic carbocycles. The predicted molar refractivity (Wildman–Crippen MR) is 74.0 cm³/mol. The molecule has 6 heteroatoms. The van der Waals surface area contributed by atoms with E-state index in [1.807, 2.05) is 29.8 Å². The van der Waals surface area contributed by atoms with Gasteiger partial charge >= 0.3 is 29.6 Å². The molecule has 4 nitrogen and oxygen atoms in total. The Bertz CT molecular complexity index is 514. The molecule has 2 rings (SSSR count). The van der Waals surface area contributed by atoms with E-state index < -0.39 is 6.10 Å². The number of nitrogens with zero attached hydrogens (tertiary/aromatic N) is 2. The van der Waals surface area contributed by atoms with Gasteiger partial charge in [-0.15, -0.1) is 0 Å². The minimum Gasteiger partial charge on any atom is -0.497 e. The zero-order valence-electron chi connectivity index (χ0n) is 10.8. The van der Waals surface area contributed by atoms with Crippen LogP contribution in [0.1, 0.15) is 12.6 Å². The number of aliphatic hydroxyl groups is 1. The van der Waals surface area contributed by atoms with Crippen molar-refractivity contribution in [3.63, 3.8) is 0 Å². The average Bonchev–Trinajstić information content (AvgIpc) is 2.54. The number of fused-ring (bicyclic) bond motifs is 1. The van der Waals surface area contributed by atoms with E-state index in [2.05, 4.69) is 5.10 Å². The second-order valence-corrected chi connectivity index (χ2v) is 4.00. The van der Waals surface area contributed by atoms with Crippen molar-refractivity contribution in [2.75, 3.05) is 7.11 Å². The van der Waals surface area contributed by atoms with Gasteiger partial charge < -0.3 is 9.84 Å². The van der Waals surface area contributed by atoms with Crippen molar-refractivity contribution in [3.05, 3.63) is 23.9 Å². The topological polar surface area (TPSA) is 47.3 Å². The van der Waals surface area contributed by atoms with Crippen LogP contribution in [0, 0.1) is 6.92 Å². The summed E-state index contributed by atoms with van der Waals surface area (Å²) in [6, 6.07) is 5.86. The molecule has 1 aromatic heterocycles. The first-order chi connectivity index (χ1) is 7.61. The summed E-state index contributed by atoms with van der Waals surface area (Å²) in [4.78, 5) is 0. The summed E-state index contributed by atoms with van der Waals surface area (Å²) < 4.78 is 7.01. The first kappa shape index (κ1) is 17.5. The first-order valence-electron chi connectivity index (χ1n) is 5.31. The van der Waals surface area contributed by atoms with Crippen molar-refractivity contribution in [2.45, 2.75) is 26.5 Å². The molecule has 2 aromatic rings. The summed E-state index contributed by atoms with van der Waals surface area (Å²) >= 11 is 0. The third-order valence-corrected chi connectivity index (χ3v) is 2.58. The molecule has 0 saturated heterocycles. The summed E-state index contributed by atoms with van der Waals surface area (Å²) in [6.45, 7) is 4.22. The first-order valence-corrected chi connectivity index (χ1v) is 5.31. The van der Waals surface area contributed by atoms with Crippen LogP contribution in [0.25, 0.3) is 10.9 Å². The Morgan fingerprint density at radius 2 is 2.11 bits per heavy atom. The quantitative estimate of drug-likeness (QED) is 0.609. The van der Waals surface area contributed by atoms with Crippen molar-refractivity contribution in [2.24, 2.45) is 0 Å². The van der Waals surface area contributed by atoms with Gasteiger partial charge in [-0.05, 0) is 26.0 Å². The van der Waals surface area contributed by atoms with Crippen LogP contribution >= 0.6 is 0 Å². The van der Waals surface area contributed by atoms with Crippen molar-refractivity contribution >= 4 is 19.3 Å². The Morgan fingerprint density at radius 1 is 1.44 bits per heavy atom. The number of aliphatic hydroxyl groups excluding tert-OH is 1. The fourth-order valence-corrected chi connectivity index (χ4v) is 1.84. The fourth-order valence-electron chi connectivity index (χ4n) is 1.84. The summed E-state index contributed by atoms with van der Waals surface area (Å²) in [7, 11) is 1.64. The average molecular weight is 258 g/mol. The number of methoxy groups -OCH3 is 1. The van der Waals surface area contributed by atoms with Gasteiger partial charge in [0.1, 0.15) is 5.75 Å². The molecule has 94 valence electrons. The van der Waals surface area contributed by atoms with Crippen LogP contribution in [0.5, 0.6) is 5.75 Å². The minimum atomic E-state index is -0.409. The van der Waals surface area contributed by atoms with Gasteiger partial charge in [-0.25, -0.2) is 0 Å². The van der Waals surface area contributed by atoms with Crippen LogP contribution in [0.2, 0.25) is 0 Å². The van der Waals surface area contributed by atoms with Crippen LogP contribution in [0.15, 0.2) is 18.2 Å². The maximum absolute atomic E-state index is 9.41. The largest absolute Gasteiger partial charge is 1.00 e. The van der Waals surface area contributed by atoms with Crippen molar-refractivity contribution in [1.29, 1.82) is 0 Å². The van der Waals surface area contributed by atoms with E-state index in [9.17, 15) is 5.11 Å². The molecule has 1 atom stereocenters. The SMILES string of the molecule is COc1ccc2c(C)nn(CC(C)O)c2c1.[BH4-].[Na+]. The van der Waals surface area contributed by atoms with Crippen LogP contribution < -0.4 is 34.3 Å². The van der Waals surface area contributed by atoms with Crippen molar-refractivity contribution in [3.8, 4) is 5.75 Å². The summed E-state index contributed by atoms with van der Waals surface area (Å²) in [5.74, 6) is 0.805. The van der Waals surface area contributed by atoms with Crippen LogP contribution in [-0.2, 0) is 6.54 Å². The number of rotatable bonds is 3. The molecule has 1 N–H and O–H groups in total. The standard InChI is InChI=1S/C12H16N2O2.BH4.Na/c1-8(15)7-14-12-6-10(16-3)4-5-11(12)9(2)13-14;;/h4-6,8,15H,7H2,1-3H3;1H4;/q;-1;+1. The van der Waals surface area contributed by atoms with Gasteiger partial charge in [0.25, 0.3) is 0 Å². The summed E-state index contributed by atoms with van der Waals surface area (Å²) in [5, 5.41) is 14.9. The Balaban J connectivity index is 0.00000144. The molecule has 0 aliphatic heterocycles. The fraction of sp³-hybridized carbons (Fsp3) is 0.417. The Hall–Kier alpha value is -0.485. The molecular weight excluding hydrogens is 238 g/mol. The van der Waals surface area contributed by atoms with Gasteiger partial charge in [0, 0.05) is 11.5 Å². The van der Waals surface area contributed by atoms with Crippen LogP contribution in [0.4, 0.5) is 0 Å². The smallest absolute Gasteiger partial charge is 0.497 e. The molecule has 1 heterocycles. The molecular formula is C12H20BN2NaO2. The Morgan fingerprint density at radius 3 is 2.67 bits per heavy atom. The predicted octanol–water partition coefficient (Wildman–Crippen LogP) is -2.71. The van der Waals surface area contributed by atoms with Gasteiger partial charge in [0.2, 0.25) is 0 Å². The molecule has 0 spiro atoms. The molecule has 0 aliphatic rings. The second kappa shape index (κ2) is 7.19. The number of aryl methyl sites for hydroxylation is 1. The van der Waals surface area contributed by atoms with Crippen LogP contribution in [-0.4, -0.2) is 36.5 Å². The molecule has 1 unspecified atom stereocenters. The van der Waals surface area contributed by atoms with Gasteiger partial charge in [0.05, 0.1) is 31.0 Å². The second-order valence-electron chi connectivity index (χ2n) is 4.00. The zero-order valence-corrected chi connectivity index (χ0v) is 12.8. The third kappa shape index (κ3) is 3.51. The van der Waals surface area contributed by atoms with E-state index in [1.165, 1.54) is 0 Å². The van der Waals surface area contributed by atoms with E-state index in [0.29, 0.717) is 6.54 Å².